The molecule has 1 aliphatic heterocycles. The highest BCUT2D eigenvalue weighted by Crippen LogP contribution is 2.26. The van der Waals surface area contributed by atoms with Gasteiger partial charge in [0.05, 0.1) is 6.61 Å². The predicted octanol–water partition coefficient (Wildman–Crippen LogP) is 5.74. The van der Waals surface area contributed by atoms with Crippen molar-refractivity contribution in [3.8, 4) is 0 Å². The zero-order valence-corrected chi connectivity index (χ0v) is 23.0. The summed E-state index contributed by atoms with van der Waals surface area (Å²) in [5.41, 5.74) is 3.92. The Labute approximate surface area is 233 Å². The Morgan fingerprint density at radius 2 is 1.79 bits per heavy atom. The number of aromatic nitrogens is 2. The first kappa shape index (κ1) is 28.1. The molecule has 0 radical (unpaired) electrons. The molecular weight excluding hydrogens is 525 g/mol. The zero-order chi connectivity index (χ0) is 26.7. The van der Waals surface area contributed by atoms with E-state index in [4.69, 9.17) is 32.7 Å². The summed E-state index contributed by atoms with van der Waals surface area (Å²) in [5.74, 6) is 0.753. The molecule has 1 amide bonds. The maximum atomic E-state index is 12.5. The number of nitrogens with one attached hydrogen (secondary N) is 1. The molecule has 1 saturated heterocycles. The van der Waals surface area contributed by atoms with Gasteiger partial charge in [-0.1, -0.05) is 35.3 Å². The van der Waals surface area contributed by atoms with Crippen LogP contribution in [-0.4, -0.2) is 71.9 Å². The molecule has 202 valence electrons. The molecule has 0 spiro atoms. The molecule has 10 heteroatoms. The third-order valence-corrected chi connectivity index (χ3v) is 6.60. The molecule has 0 atom stereocenters. The number of amides is 1. The van der Waals surface area contributed by atoms with Gasteiger partial charge in [0, 0.05) is 78.2 Å². The fraction of sp³-hybridized carbons (Fsp3) is 0.393. The summed E-state index contributed by atoms with van der Waals surface area (Å²) in [6.07, 6.45) is 3.21. The van der Waals surface area contributed by atoms with Gasteiger partial charge < -0.3 is 19.7 Å². The number of benzene rings is 1. The first-order chi connectivity index (χ1) is 18.5. The third kappa shape index (κ3) is 8.84. The van der Waals surface area contributed by atoms with Crippen molar-refractivity contribution in [2.24, 2.45) is 0 Å². The van der Waals surface area contributed by atoms with Gasteiger partial charge in [-0.05, 0) is 56.2 Å². The van der Waals surface area contributed by atoms with Crippen LogP contribution in [0.1, 0.15) is 23.4 Å². The van der Waals surface area contributed by atoms with E-state index in [0.717, 1.165) is 54.4 Å². The molecular formula is C28H33Cl2N5O3. The van der Waals surface area contributed by atoms with Crippen LogP contribution < -0.4 is 5.32 Å². The second-order valence-electron chi connectivity index (χ2n) is 9.16. The minimum Gasteiger partial charge on any atom is -0.447 e. The van der Waals surface area contributed by atoms with Crippen LogP contribution in [0.4, 0.5) is 16.3 Å². The number of hydrogen-bond acceptors (Lipinski definition) is 7. The maximum Gasteiger partial charge on any atom is 0.409 e. The quantitative estimate of drug-likeness (QED) is 0.301. The van der Waals surface area contributed by atoms with Crippen LogP contribution in [0.3, 0.4) is 0 Å². The minimum atomic E-state index is -0.293. The minimum absolute atomic E-state index is 0.250. The zero-order valence-electron chi connectivity index (χ0n) is 21.5. The molecule has 0 bridgehead atoms. The van der Waals surface area contributed by atoms with Crippen molar-refractivity contribution >= 4 is 40.8 Å². The number of hydrogen-bond donors (Lipinski definition) is 1. The van der Waals surface area contributed by atoms with Crippen LogP contribution in [0.25, 0.3) is 0 Å². The first-order valence-corrected chi connectivity index (χ1v) is 13.5. The summed E-state index contributed by atoms with van der Waals surface area (Å²) in [4.78, 5) is 25.5. The lowest BCUT2D eigenvalue weighted by Crippen LogP contribution is -2.48. The fourth-order valence-electron chi connectivity index (χ4n) is 4.25. The van der Waals surface area contributed by atoms with Gasteiger partial charge in [0.25, 0.3) is 0 Å². The van der Waals surface area contributed by atoms with Crippen LogP contribution >= 0.6 is 23.2 Å². The molecule has 3 heterocycles. The maximum absolute atomic E-state index is 12.5. The number of aryl methyl sites for hydroxylation is 2. The molecule has 1 fully saturated rings. The molecule has 3 aromatic rings. The summed E-state index contributed by atoms with van der Waals surface area (Å²) < 4.78 is 11.0. The first-order valence-electron chi connectivity index (χ1n) is 12.8. The summed E-state index contributed by atoms with van der Waals surface area (Å²) in [6, 6.07) is 15.3. The molecule has 2 aromatic heterocycles. The van der Waals surface area contributed by atoms with Gasteiger partial charge >= 0.3 is 6.09 Å². The number of carbonyl (C=O) groups excluding carboxylic acids is 1. The van der Waals surface area contributed by atoms with Crippen molar-refractivity contribution in [3.05, 3.63) is 81.7 Å². The number of nitrogens with zero attached hydrogens (tertiary/aromatic N) is 4. The summed E-state index contributed by atoms with van der Waals surface area (Å²) in [5, 5.41) is 4.43. The van der Waals surface area contributed by atoms with E-state index < -0.39 is 0 Å². The molecule has 38 heavy (non-hydrogen) atoms. The molecule has 0 saturated carbocycles. The Balaban J connectivity index is 1.14. The van der Waals surface area contributed by atoms with E-state index in [1.165, 1.54) is 0 Å². The Morgan fingerprint density at radius 3 is 2.55 bits per heavy atom. The van der Waals surface area contributed by atoms with Crippen molar-refractivity contribution in [1.82, 2.24) is 19.8 Å². The van der Waals surface area contributed by atoms with E-state index in [1.807, 2.05) is 49.4 Å². The van der Waals surface area contributed by atoms with E-state index in [1.54, 1.807) is 17.2 Å². The topological polar surface area (TPSA) is 79.8 Å². The fourth-order valence-corrected chi connectivity index (χ4v) is 4.77. The Hall–Kier alpha value is -2.91. The van der Waals surface area contributed by atoms with Gasteiger partial charge in [-0.15, -0.1) is 0 Å². The van der Waals surface area contributed by atoms with Crippen LogP contribution in [0.5, 0.6) is 0 Å². The second-order valence-corrected chi connectivity index (χ2v) is 10.0. The highest BCUT2D eigenvalue weighted by molar-refractivity contribution is 6.35. The van der Waals surface area contributed by atoms with Crippen molar-refractivity contribution in [1.29, 1.82) is 0 Å². The average molecular weight is 559 g/mol. The van der Waals surface area contributed by atoms with E-state index in [9.17, 15) is 4.79 Å². The standard InChI is InChI=1S/C28H33Cl2N5O3/c1-21-5-2-7-25(32-21)8-4-14-37-15-16-38-28(36)35-12-10-34(11-13-35)20-22-6-3-9-31-27(22)33-26-18-23(29)17-24(30)19-26/h2-3,5-7,9,17-19H,4,8,10-16,20H2,1H3,(H,31,33). The lowest BCUT2D eigenvalue weighted by Gasteiger charge is -2.34. The van der Waals surface area contributed by atoms with Crippen molar-refractivity contribution < 1.29 is 14.3 Å². The highest BCUT2D eigenvalue weighted by atomic mass is 35.5. The predicted molar refractivity (Wildman–Crippen MR) is 150 cm³/mol. The summed E-state index contributed by atoms with van der Waals surface area (Å²) in [6.45, 7) is 6.66. The van der Waals surface area contributed by atoms with Crippen LogP contribution in [0.15, 0.2) is 54.7 Å². The number of halogens is 2. The van der Waals surface area contributed by atoms with E-state index in [-0.39, 0.29) is 12.7 Å². The van der Waals surface area contributed by atoms with E-state index in [0.29, 0.717) is 42.9 Å². The number of pyridine rings is 2. The lowest BCUT2D eigenvalue weighted by molar-refractivity contribution is 0.0430. The van der Waals surface area contributed by atoms with Crippen LogP contribution in [-0.2, 0) is 22.4 Å². The van der Waals surface area contributed by atoms with Crippen molar-refractivity contribution in [2.75, 3.05) is 51.3 Å². The average Bonchev–Trinajstić information content (AvgIpc) is 2.89. The van der Waals surface area contributed by atoms with E-state index >= 15 is 0 Å². The molecule has 1 N–H and O–H groups in total. The third-order valence-electron chi connectivity index (χ3n) is 6.16. The Kier molecular flexibility index (Phi) is 10.6. The molecule has 8 nitrogen and oxygen atoms in total. The largest absolute Gasteiger partial charge is 0.447 e. The van der Waals surface area contributed by atoms with Crippen LogP contribution in [0, 0.1) is 6.92 Å². The number of ether oxygens (including phenoxy) is 2. The number of piperazine rings is 1. The Bertz CT molecular complexity index is 1180. The molecule has 0 aliphatic carbocycles. The van der Waals surface area contributed by atoms with Crippen molar-refractivity contribution in [3.63, 3.8) is 0 Å². The van der Waals surface area contributed by atoms with Gasteiger partial charge in [-0.3, -0.25) is 9.88 Å². The lowest BCUT2D eigenvalue weighted by atomic mass is 10.2. The molecule has 1 aliphatic rings. The van der Waals surface area contributed by atoms with Gasteiger partial charge in [-0.2, -0.15) is 0 Å². The van der Waals surface area contributed by atoms with Crippen LogP contribution in [0.2, 0.25) is 10.0 Å². The SMILES string of the molecule is Cc1cccc(CCCOCCOC(=O)N2CCN(Cc3cccnc3Nc3cc(Cl)cc(Cl)c3)CC2)n1. The number of rotatable bonds is 11. The summed E-state index contributed by atoms with van der Waals surface area (Å²) in [7, 11) is 0. The van der Waals surface area contributed by atoms with E-state index in [2.05, 4.69) is 20.2 Å². The number of anilines is 2. The monoisotopic (exact) mass is 557 g/mol. The molecule has 1 aromatic carbocycles. The molecule has 4 rings (SSSR count). The summed E-state index contributed by atoms with van der Waals surface area (Å²) >= 11 is 12.3. The normalized spacial score (nSPS) is 13.9. The van der Waals surface area contributed by atoms with Gasteiger partial charge in [-0.25, -0.2) is 9.78 Å². The molecule has 0 unspecified atom stereocenters. The number of carbonyl (C=O) groups is 1. The Morgan fingerprint density at radius 1 is 1.00 bits per heavy atom. The smallest absolute Gasteiger partial charge is 0.409 e. The van der Waals surface area contributed by atoms with Gasteiger partial charge in [0.2, 0.25) is 0 Å². The van der Waals surface area contributed by atoms with Crippen molar-refractivity contribution in [2.45, 2.75) is 26.3 Å². The second kappa shape index (κ2) is 14.3. The highest BCUT2D eigenvalue weighted by Gasteiger charge is 2.23. The van der Waals surface area contributed by atoms with Gasteiger partial charge in [0.15, 0.2) is 0 Å². The van der Waals surface area contributed by atoms with Gasteiger partial charge in [0.1, 0.15) is 12.4 Å².